The first-order valence-electron chi connectivity index (χ1n) is 28.0. The highest BCUT2D eigenvalue weighted by Gasteiger charge is 2.56. The molecule has 6 fully saturated rings. The summed E-state index contributed by atoms with van der Waals surface area (Å²) in [6.07, 6.45) is 13.7. The van der Waals surface area contributed by atoms with Crippen LogP contribution < -0.4 is 20.4 Å². The molecule has 5 amide bonds. The Hall–Kier alpha value is -6.75. The van der Waals surface area contributed by atoms with Crippen LogP contribution in [-0.4, -0.2) is 128 Å². The molecule has 17 heteroatoms. The Morgan fingerprint density at radius 3 is 2.24 bits per heavy atom. The van der Waals surface area contributed by atoms with Gasteiger partial charge in [0.25, 0.3) is 0 Å². The number of nitrogens with one attached hydrogen (secondary N) is 2. The molecule has 0 bridgehead atoms. The van der Waals surface area contributed by atoms with E-state index in [1.54, 1.807) is 30.7 Å². The lowest BCUT2D eigenvalue weighted by molar-refractivity contribution is -0.150. The van der Waals surface area contributed by atoms with Crippen LogP contribution in [0, 0.1) is 17.2 Å². The van der Waals surface area contributed by atoms with Gasteiger partial charge in [-0.05, 0) is 140 Å². The number of carbonyl (C=O) groups excluding carboxylic acids is 5. The zero-order chi connectivity index (χ0) is 52.5. The molecule has 1 spiro atoms. The van der Waals surface area contributed by atoms with E-state index in [2.05, 4.69) is 69.3 Å². The number of rotatable bonds is 10. The summed E-state index contributed by atoms with van der Waals surface area (Å²) in [5.41, 5.74) is 5.56. The number of pyridine rings is 2. The molecule has 3 aromatic heterocycles. The van der Waals surface area contributed by atoms with E-state index in [1.165, 1.54) is 25.3 Å². The minimum atomic E-state index is -0.756. The van der Waals surface area contributed by atoms with Crippen molar-refractivity contribution in [3.05, 3.63) is 90.3 Å². The van der Waals surface area contributed by atoms with Crippen molar-refractivity contribution in [3.8, 4) is 11.3 Å². The number of hydrogen-bond acceptors (Lipinski definition) is 11. The Labute approximate surface area is 443 Å². The quantitative estimate of drug-likeness (QED) is 0.129. The molecule has 12 rings (SSSR count). The molecule has 6 aliphatic heterocycles. The number of fused-ring (bicyclic) bond motifs is 3. The summed E-state index contributed by atoms with van der Waals surface area (Å²) in [4.78, 5) is 93.5. The normalized spacial score (nSPS) is 24.0. The van der Waals surface area contributed by atoms with Gasteiger partial charge in [-0.15, -0.1) is 0 Å². The number of halogens is 1. The van der Waals surface area contributed by atoms with Crippen molar-refractivity contribution in [1.29, 1.82) is 0 Å². The van der Waals surface area contributed by atoms with Gasteiger partial charge in [0.15, 0.2) is 5.82 Å². The van der Waals surface area contributed by atoms with Gasteiger partial charge in [0.1, 0.15) is 11.3 Å². The van der Waals surface area contributed by atoms with Crippen molar-refractivity contribution >= 4 is 63.4 Å². The summed E-state index contributed by atoms with van der Waals surface area (Å²) in [6, 6.07) is 19.4. The highest BCUT2D eigenvalue weighted by molar-refractivity contribution is 6.10. The third-order valence-corrected chi connectivity index (χ3v) is 18.5. The fourth-order valence-corrected chi connectivity index (χ4v) is 13.6. The van der Waals surface area contributed by atoms with Crippen molar-refractivity contribution in [2.45, 2.75) is 134 Å². The van der Waals surface area contributed by atoms with E-state index in [-0.39, 0.29) is 53.4 Å². The lowest BCUT2D eigenvalue weighted by Crippen LogP contribution is -2.59. The molecule has 16 nitrogen and oxygen atoms in total. The number of nitrogens with zero attached hydrogens (tertiary/aromatic N) is 9. The second-order valence-corrected chi connectivity index (χ2v) is 23.3. The van der Waals surface area contributed by atoms with Crippen LogP contribution in [0.3, 0.4) is 0 Å². The summed E-state index contributed by atoms with van der Waals surface area (Å²) >= 11 is 0. The fraction of sp³-hybridized carbons (Fsp3) is 0.525. The van der Waals surface area contributed by atoms with Crippen molar-refractivity contribution in [1.82, 2.24) is 39.5 Å². The molecule has 7 aliphatic rings. The van der Waals surface area contributed by atoms with E-state index in [0.29, 0.717) is 93.6 Å². The average Bonchev–Trinajstić information content (AvgIpc) is 4.18. The number of likely N-dealkylation sites (tertiary alicyclic amines) is 3. The highest BCUT2D eigenvalue weighted by atomic mass is 19.1. The minimum absolute atomic E-state index is 0.0745. The number of anilines is 4. The van der Waals surface area contributed by atoms with E-state index in [0.717, 1.165) is 85.4 Å². The second-order valence-electron chi connectivity index (χ2n) is 23.3. The summed E-state index contributed by atoms with van der Waals surface area (Å²) in [7, 11) is 0. The number of hydrogen-bond donors (Lipinski definition) is 2. The molecule has 1 atom stereocenters. The number of imide groups is 1. The largest absolute Gasteiger partial charge is 0.370 e. The molecule has 398 valence electrons. The van der Waals surface area contributed by atoms with Crippen LogP contribution in [0.5, 0.6) is 0 Å². The maximum absolute atomic E-state index is 15.4. The average molecular weight is 1030 g/mol. The minimum Gasteiger partial charge on any atom is -0.370 e. The Kier molecular flexibility index (Phi) is 13.2. The number of piperidine rings is 5. The highest BCUT2D eigenvalue weighted by Crippen LogP contribution is 2.53. The van der Waals surface area contributed by atoms with Gasteiger partial charge in [0, 0.05) is 86.4 Å². The van der Waals surface area contributed by atoms with E-state index < -0.39 is 16.7 Å². The number of carbonyl (C=O) groups is 5. The van der Waals surface area contributed by atoms with Gasteiger partial charge < -0.3 is 34.4 Å². The number of aromatic nitrogens is 4. The van der Waals surface area contributed by atoms with Crippen LogP contribution in [0.1, 0.15) is 127 Å². The van der Waals surface area contributed by atoms with Gasteiger partial charge in [-0.1, -0.05) is 37.6 Å². The van der Waals surface area contributed by atoms with Crippen LogP contribution in [0.15, 0.2) is 73.2 Å². The molecule has 2 aromatic carbocycles. The summed E-state index contributed by atoms with van der Waals surface area (Å²) in [5, 5.41) is 5.70. The van der Waals surface area contributed by atoms with E-state index >= 15 is 9.18 Å². The number of para-hydroxylation sites is 1. The molecule has 0 radical (unpaired) electrons. The third kappa shape index (κ3) is 8.98. The predicted molar refractivity (Wildman–Crippen MR) is 288 cm³/mol. The van der Waals surface area contributed by atoms with E-state index in [4.69, 9.17) is 9.97 Å². The first kappa shape index (κ1) is 50.1. The van der Waals surface area contributed by atoms with Crippen LogP contribution in [0.4, 0.5) is 27.3 Å². The maximum Gasteiger partial charge on any atom is 0.238 e. The second kappa shape index (κ2) is 20.0. The zero-order valence-corrected chi connectivity index (χ0v) is 44.1. The smallest absolute Gasteiger partial charge is 0.238 e. The fourth-order valence-electron chi connectivity index (χ4n) is 13.6. The first-order chi connectivity index (χ1) is 36.8. The number of amides is 5. The van der Waals surface area contributed by atoms with Crippen LogP contribution in [0.2, 0.25) is 0 Å². The van der Waals surface area contributed by atoms with Crippen molar-refractivity contribution in [2.75, 3.05) is 67.5 Å². The lowest BCUT2D eigenvalue weighted by atomic mass is 9.72. The van der Waals surface area contributed by atoms with Gasteiger partial charge in [0.05, 0.1) is 52.1 Å². The third-order valence-electron chi connectivity index (χ3n) is 18.5. The number of imidazole rings is 1. The van der Waals surface area contributed by atoms with Crippen molar-refractivity contribution in [2.24, 2.45) is 11.3 Å². The molecule has 1 aliphatic carbocycles. The van der Waals surface area contributed by atoms with Gasteiger partial charge in [-0.25, -0.2) is 14.4 Å². The van der Waals surface area contributed by atoms with Gasteiger partial charge >= 0.3 is 0 Å². The molecule has 1 saturated carbocycles. The Morgan fingerprint density at radius 2 is 1.54 bits per heavy atom. The topological polar surface area (TPSA) is 169 Å². The van der Waals surface area contributed by atoms with Crippen LogP contribution >= 0.6 is 0 Å². The Bertz CT molecular complexity index is 3070. The monoisotopic (exact) mass is 1030 g/mol. The SMILES string of the molecule is CC(C)n1cnc2cc(-c3ccc4c(c3)N([C@H]3C[C@@H](N5CCCCC5)C3)C(=O)C43CCN(C(=O)C4(C)CCN(C(=O)C5CCN(c6ccc(C7CCC(=O)NC7=O)nc6)CC5)CC4)CC3)nc(Nc3ccccc3F)c21. The summed E-state index contributed by atoms with van der Waals surface area (Å²) in [5.74, 6) is -0.512. The lowest BCUT2D eigenvalue weighted by Gasteiger charge is -2.48. The molecule has 1 unspecified atom stereocenters. The Morgan fingerprint density at radius 1 is 0.803 bits per heavy atom. The maximum atomic E-state index is 15.4. The standard InChI is InChI=1S/C59H70FN11O5/c1-37(2)70-36-62-49-34-48(64-53(52(49)70)63-47-10-6-5-9-45(47)60)39-11-14-44-50(31-39)71(42-32-41(33-42)66-23-7-4-8-24-66)57(76)59(44)21-29-69(30-22-59)56(75)58(3)19-27-68(28-20-58)55(74)38-17-25-67(26-18-38)40-12-15-46(61-35-40)43-13-16-51(72)65-54(43)73/h5-6,9-12,14-15,31,34-38,41-43H,4,7-8,13,16-30,32-33H2,1-3H3,(H,63,64)(H,65,72,73)/t41-,42+,43?. The number of benzene rings is 2. The van der Waals surface area contributed by atoms with E-state index in [1.807, 2.05) is 32.6 Å². The zero-order valence-electron chi connectivity index (χ0n) is 44.1. The van der Waals surface area contributed by atoms with Gasteiger partial charge in [0.2, 0.25) is 29.5 Å². The molecule has 76 heavy (non-hydrogen) atoms. The van der Waals surface area contributed by atoms with Crippen molar-refractivity contribution < 1.29 is 28.4 Å². The molecule has 2 N–H and O–H groups in total. The van der Waals surface area contributed by atoms with E-state index in [9.17, 15) is 19.2 Å². The van der Waals surface area contributed by atoms with Crippen LogP contribution in [0.25, 0.3) is 22.3 Å². The summed E-state index contributed by atoms with van der Waals surface area (Å²) < 4.78 is 17.2. The Balaban J connectivity index is 0.722. The molecular weight excluding hydrogens is 962 g/mol. The summed E-state index contributed by atoms with van der Waals surface area (Å²) in [6.45, 7) is 11.9. The molecular formula is C59H70FN11O5. The molecule has 5 aromatic rings. The predicted octanol–water partition coefficient (Wildman–Crippen LogP) is 8.25. The molecule has 9 heterocycles. The first-order valence-corrected chi connectivity index (χ1v) is 28.0. The van der Waals surface area contributed by atoms with Crippen molar-refractivity contribution in [3.63, 3.8) is 0 Å². The van der Waals surface area contributed by atoms with Gasteiger partial charge in [-0.2, -0.15) is 0 Å². The van der Waals surface area contributed by atoms with Gasteiger partial charge in [-0.3, -0.25) is 34.3 Å². The van der Waals surface area contributed by atoms with Crippen LogP contribution in [-0.2, 0) is 29.4 Å². The molecule has 5 saturated heterocycles.